The molecule has 0 saturated carbocycles. The molecule has 1 heterocycles. The van der Waals surface area contributed by atoms with Crippen molar-refractivity contribution in [2.24, 2.45) is 0 Å². The zero-order valence-electron chi connectivity index (χ0n) is 32.9. The second kappa shape index (κ2) is 10.6. The van der Waals surface area contributed by atoms with Crippen LogP contribution in [-0.2, 0) is 5.41 Å². The van der Waals surface area contributed by atoms with Crippen LogP contribution in [0.15, 0.2) is 168 Å². The molecule has 2 heteroatoms. The monoisotopic (exact) mass is 610 g/mol. The maximum atomic E-state index is 9.47. The second-order valence-corrected chi connectivity index (χ2v) is 12.4. The molecule has 7 aromatic carbocycles. The highest BCUT2D eigenvalue weighted by Gasteiger charge is 2.37. The Kier molecular flexibility index (Phi) is 4.75. The van der Waals surface area contributed by atoms with E-state index in [4.69, 9.17) is 12.6 Å². The van der Waals surface area contributed by atoms with Crippen LogP contribution in [0.5, 0.6) is 0 Å². The van der Waals surface area contributed by atoms with E-state index < -0.39 is 5.41 Å². The summed E-state index contributed by atoms with van der Waals surface area (Å²) in [5.41, 5.74) is 7.45. The van der Waals surface area contributed by atoms with Crippen molar-refractivity contribution in [2.45, 2.75) is 19.3 Å². The molecule has 0 atom stereocenters. The van der Waals surface area contributed by atoms with Crippen LogP contribution in [-0.4, -0.2) is 0 Å². The summed E-state index contributed by atoms with van der Waals surface area (Å²) in [6.45, 7) is 3.66. The van der Waals surface area contributed by atoms with Crippen LogP contribution in [0.3, 0.4) is 0 Å². The molecule has 2 nitrogen and oxygen atoms in total. The van der Waals surface area contributed by atoms with Crippen LogP contribution >= 0.6 is 0 Å². The fourth-order valence-corrected chi connectivity index (χ4v) is 6.98. The van der Waals surface area contributed by atoms with E-state index in [1.165, 1.54) is 0 Å². The van der Waals surface area contributed by atoms with E-state index in [2.05, 4.69) is 12.1 Å². The number of hydrogen-bond acceptors (Lipinski definition) is 2. The molecular weight excluding hydrogens is 571 g/mol. The topological polar surface area (TPSA) is 16.4 Å². The van der Waals surface area contributed by atoms with E-state index in [9.17, 15) is 1.37 Å². The van der Waals surface area contributed by atoms with Crippen molar-refractivity contribution in [3.63, 3.8) is 0 Å². The van der Waals surface area contributed by atoms with Crippen molar-refractivity contribution in [3.05, 3.63) is 175 Å². The van der Waals surface area contributed by atoms with E-state index in [-0.39, 0.29) is 53.5 Å². The first-order valence-corrected chi connectivity index (χ1v) is 15.7. The Bertz CT molecular complexity index is 2810. The van der Waals surface area contributed by atoms with E-state index >= 15 is 0 Å². The second-order valence-electron chi connectivity index (χ2n) is 12.4. The van der Waals surface area contributed by atoms with Gasteiger partial charge in [-0.2, -0.15) is 0 Å². The lowest BCUT2D eigenvalue weighted by Crippen LogP contribution is -2.16. The minimum Gasteiger partial charge on any atom is -0.455 e. The summed E-state index contributed by atoms with van der Waals surface area (Å²) in [6, 6.07) is 38.1. The van der Waals surface area contributed by atoms with Crippen molar-refractivity contribution in [3.8, 4) is 33.4 Å². The highest BCUT2D eigenvalue weighted by Crippen LogP contribution is 2.54. The Balaban J connectivity index is 1.30. The van der Waals surface area contributed by atoms with Gasteiger partial charge >= 0.3 is 0 Å². The number of hydrogen-bond donors (Lipinski definition) is 0. The number of fused-ring (bicyclic) bond motifs is 6. The summed E-state index contributed by atoms with van der Waals surface area (Å²) in [5, 5.41) is 2.06. The molecule has 47 heavy (non-hydrogen) atoms. The third-order valence-corrected chi connectivity index (χ3v) is 9.34. The highest BCUT2D eigenvalue weighted by atomic mass is 16.3. The summed E-state index contributed by atoms with van der Waals surface area (Å²) >= 11 is 0. The molecule has 0 aliphatic heterocycles. The minimum atomic E-state index is -1.05. The number of benzene rings is 7. The summed E-state index contributed by atoms with van der Waals surface area (Å²) in [6.07, 6.45) is 0. The van der Waals surface area contributed by atoms with Crippen LogP contribution in [0, 0.1) is 0 Å². The first kappa shape index (κ1) is 21.0. The molecule has 0 amide bonds. The van der Waals surface area contributed by atoms with Crippen molar-refractivity contribution >= 4 is 39.0 Å². The lowest BCUT2D eigenvalue weighted by Gasteiger charge is -2.29. The van der Waals surface area contributed by atoms with Gasteiger partial charge in [0.25, 0.3) is 0 Å². The lowest BCUT2D eigenvalue weighted by molar-refractivity contribution is 0.660. The quantitative estimate of drug-likeness (QED) is 0.193. The van der Waals surface area contributed by atoms with E-state index in [1.54, 1.807) is 0 Å². The molecule has 0 radical (unpaired) electrons. The molecule has 9 rings (SSSR count). The van der Waals surface area contributed by atoms with Gasteiger partial charge in [-0.25, -0.2) is 0 Å². The number of furan rings is 1. The first-order valence-electron chi connectivity index (χ1n) is 19.2. The molecule has 224 valence electrons. The van der Waals surface area contributed by atoms with Crippen LogP contribution in [0.2, 0.25) is 0 Å². The van der Waals surface area contributed by atoms with E-state index in [1.807, 2.05) is 128 Å². The minimum absolute atomic E-state index is 0.162. The zero-order chi connectivity index (χ0) is 37.6. The number of nitrogens with zero attached hydrogens (tertiary/aromatic N) is 1. The predicted octanol–water partition coefficient (Wildman–Crippen LogP) is 12.7. The summed E-state index contributed by atoms with van der Waals surface area (Å²) < 4.78 is 69.3. The smallest absolute Gasteiger partial charge is 0.143 e. The van der Waals surface area contributed by atoms with Crippen molar-refractivity contribution < 1.29 is 14.0 Å². The van der Waals surface area contributed by atoms with Gasteiger partial charge < -0.3 is 9.32 Å². The first-order chi connectivity index (χ1) is 26.0. The maximum Gasteiger partial charge on any atom is 0.143 e. The molecule has 0 unspecified atom stereocenters. The Morgan fingerprint density at radius 1 is 0.532 bits per heavy atom. The molecule has 0 fully saturated rings. The van der Waals surface area contributed by atoms with Gasteiger partial charge in [-0.05, 0) is 69.8 Å². The van der Waals surface area contributed by atoms with Crippen LogP contribution in [0.25, 0.3) is 55.3 Å². The highest BCUT2D eigenvalue weighted by molar-refractivity contribution is 6.09. The number of para-hydroxylation sites is 2. The van der Waals surface area contributed by atoms with Gasteiger partial charge in [-0.15, -0.1) is 0 Å². The SMILES string of the molecule is [2H]c1c([2H])c([2H])c2c(c1[2H])-c1c(N(c3ccc(-c4ccccc4)cc3)c3ccc(-c4cccc5c4oc4ccccc45)cc3)c([2H])c([2H])c([2H])c1C2(C)C. The van der Waals surface area contributed by atoms with Gasteiger partial charge in [0.15, 0.2) is 0 Å². The summed E-state index contributed by atoms with van der Waals surface area (Å²) in [7, 11) is 0. The van der Waals surface area contributed by atoms with Gasteiger partial charge in [0, 0.05) is 38.7 Å². The van der Waals surface area contributed by atoms with Gasteiger partial charge in [-0.1, -0.05) is 141 Å². The van der Waals surface area contributed by atoms with Crippen LogP contribution < -0.4 is 4.90 Å². The molecule has 8 aromatic rings. The fraction of sp³-hybridized carbons (Fsp3) is 0.0667. The van der Waals surface area contributed by atoms with E-state index in [0.29, 0.717) is 28.1 Å². The molecule has 0 saturated heterocycles. The van der Waals surface area contributed by atoms with Crippen molar-refractivity contribution in [1.29, 1.82) is 0 Å². The van der Waals surface area contributed by atoms with Gasteiger partial charge in [-0.3, -0.25) is 0 Å². The Hall–Kier alpha value is -5.86. The average Bonchev–Trinajstić information content (AvgIpc) is 3.69. The Morgan fingerprint density at radius 3 is 1.96 bits per heavy atom. The fourth-order valence-electron chi connectivity index (χ4n) is 6.98. The number of rotatable bonds is 5. The van der Waals surface area contributed by atoms with Crippen molar-refractivity contribution in [1.82, 2.24) is 0 Å². The van der Waals surface area contributed by atoms with Crippen LogP contribution in [0.4, 0.5) is 17.1 Å². The molecule has 0 spiro atoms. The van der Waals surface area contributed by atoms with Crippen molar-refractivity contribution in [2.75, 3.05) is 4.90 Å². The maximum absolute atomic E-state index is 9.47. The molecule has 0 N–H and O–H groups in total. The van der Waals surface area contributed by atoms with Gasteiger partial charge in [0.05, 0.1) is 15.3 Å². The van der Waals surface area contributed by atoms with E-state index in [0.717, 1.165) is 44.2 Å². The average molecular weight is 611 g/mol. The molecular formula is C45H33NO. The lowest BCUT2D eigenvalue weighted by atomic mass is 9.82. The molecule has 0 bridgehead atoms. The summed E-state index contributed by atoms with van der Waals surface area (Å²) in [4.78, 5) is 1.88. The molecule has 1 aliphatic rings. The molecule has 1 aromatic heterocycles. The third-order valence-electron chi connectivity index (χ3n) is 9.34. The zero-order valence-corrected chi connectivity index (χ0v) is 25.9. The molecule has 1 aliphatic carbocycles. The van der Waals surface area contributed by atoms with Gasteiger partial charge in [0.2, 0.25) is 0 Å². The third kappa shape index (κ3) is 4.33. The largest absolute Gasteiger partial charge is 0.455 e. The van der Waals surface area contributed by atoms with Crippen LogP contribution in [0.1, 0.15) is 34.6 Å². The predicted molar refractivity (Wildman–Crippen MR) is 197 cm³/mol. The standard InChI is InChI=1S/C45H33NO/c1-45(2)39-18-8-6-15-38(39)43-40(45)19-11-20-41(43)46(33-26-22-31(23-27-33)30-12-4-3-5-13-30)34-28-24-32(25-29-34)35-16-10-17-37-36-14-7-9-21-42(36)47-44(35)37/h3-29H,1-2H3/i6D,8D,11D,15D,18D,19D,20D. The van der Waals surface area contributed by atoms with Gasteiger partial charge in [0.1, 0.15) is 11.2 Å². The Labute approximate surface area is 285 Å². The summed E-state index contributed by atoms with van der Waals surface area (Å²) in [5.74, 6) is 0. The number of anilines is 3. The normalized spacial score (nSPS) is 15.1. The Morgan fingerprint density at radius 2 is 1.17 bits per heavy atom.